The van der Waals surface area contributed by atoms with Gasteiger partial charge < -0.3 is 20.3 Å². The molecule has 0 radical (unpaired) electrons. The predicted octanol–water partition coefficient (Wildman–Crippen LogP) is 4.07. The van der Waals surface area contributed by atoms with Gasteiger partial charge in [0.05, 0.1) is 18.2 Å². The van der Waals surface area contributed by atoms with Crippen LogP contribution in [0.5, 0.6) is 0 Å². The minimum atomic E-state index is -0.693. The molecule has 0 saturated carbocycles. The van der Waals surface area contributed by atoms with Gasteiger partial charge in [-0.05, 0) is 57.9 Å². The summed E-state index contributed by atoms with van der Waals surface area (Å²) in [6.45, 7) is 18.7. The van der Waals surface area contributed by atoms with E-state index in [-0.39, 0.29) is 35.7 Å². The van der Waals surface area contributed by atoms with Crippen LogP contribution in [0.15, 0.2) is 11.6 Å². The van der Waals surface area contributed by atoms with Gasteiger partial charge in [0.1, 0.15) is 6.04 Å². The average molecular weight is 468 g/mol. The summed E-state index contributed by atoms with van der Waals surface area (Å²) in [5.41, 5.74) is -0.221. The number of likely N-dealkylation sites (N-methyl/N-ethyl adjacent to an activating group) is 1. The van der Waals surface area contributed by atoms with E-state index in [0.717, 1.165) is 13.0 Å². The van der Waals surface area contributed by atoms with Crippen LogP contribution in [0, 0.1) is 11.8 Å². The van der Waals surface area contributed by atoms with Crippen molar-refractivity contribution in [2.24, 2.45) is 11.8 Å². The fourth-order valence-electron chi connectivity index (χ4n) is 3.97. The molecule has 2 N–H and O–H groups in total. The van der Waals surface area contributed by atoms with Gasteiger partial charge in [-0.2, -0.15) is 0 Å². The number of ether oxygens (including phenoxy) is 1. The number of nitrogens with one attached hydrogen (secondary N) is 2. The van der Waals surface area contributed by atoms with Crippen LogP contribution >= 0.6 is 0 Å². The van der Waals surface area contributed by atoms with Crippen LogP contribution in [0.1, 0.15) is 88.0 Å². The Balaban J connectivity index is 5.89. The highest BCUT2D eigenvalue weighted by molar-refractivity contribution is 5.92. The Morgan fingerprint density at radius 3 is 2.03 bits per heavy atom. The number of nitrogens with zero attached hydrogens (tertiary/aromatic N) is 1. The van der Waals surface area contributed by atoms with Gasteiger partial charge in [-0.1, -0.05) is 54.5 Å². The van der Waals surface area contributed by atoms with E-state index in [2.05, 4.69) is 17.6 Å². The third kappa shape index (κ3) is 9.48. The first kappa shape index (κ1) is 31.1. The number of hydrogen-bond acceptors (Lipinski definition) is 5. The normalized spacial score (nSPS) is 14.2. The molecule has 2 atom stereocenters. The van der Waals surface area contributed by atoms with Gasteiger partial charge in [0.2, 0.25) is 11.8 Å². The zero-order valence-electron chi connectivity index (χ0n) is 22.7. The van der Waals surface area contributed by atoms with Crippen molar-refractivity contribution in [1.82, 2.24) is 15.5 Å². The van der Waals surface area contributed by atoms with Gasteiger partial charge in [0.15, 0.2) is 0 Å². The maximum absolute atomic E-state index is 13.6. The number of hydrogen-bond donors (Lipinski definition) is 2. The largest absolute Gasteiger partial charge is 0.463 e. The number of carbonyl (C=O) groups excluding carboxylic acids is 3. The summed E-state index contributed by atoms with van der Waals surface area (Å²) in [6.07, 6.45) is 4.54. The first-order valence-corrected chi connectivity index (χ1v) is 12.6. The summed E-state index contributed by atoms with van der Waals surface area (Å²) >= 11 is 0. The number of amides is 2. The van der Waals surface area contributed by atoms with E-state index >= 15 is 0 Å². The molecule has 0 rings (SSSR count). The number of esters is 1. The molecule has 0 fully saturated rings. The first-order valence-electron chi connectivity index (χ1n) is 12.6. The SMILES string of the molecule is CCCNC(CC)(CC)C(=O)NC(CC(C)C)C(=O)N(C)C(/C=C(\C)C(=O)OCC)C(C)C. The quantitative estimate of drug-likeness (QED) is 0.280. The minimum Gasteiger partial charge on any atom is -0.463 e. The Hall–Kier alpha value is -1.89. The van der Waals surface area contributed by atoms with Crippen molar-refractivity contribution in [3.8, 4) is 0 Å². The fraction of sp³-hybridized carbons (Fsp3) is 0.808. The zero-order valence-corrected chi connectivity index (χ0v) is 22.7. The Kier molecular flexibility index (Phi) is 14.2. The molecule has 0 aromatic heterocycles. The van der Waals surface area contributed by atoms with Crippen LogP contribution in [-0.2, 0) is 19.1 Å². The molecule has 0 aromatic carbocycles. The van der Waals surface area contributed by atoms with Crippen LogP contribution in [0.25, 0.3) is 0 Å². The van der Waals surface area contributed by atoms with Crippen LogP contribution in [0.4, 0.5) is 0 Å². The predicted molar refractivity (Wildman–Crippen MR) is 135 cm³/mol. The maximum atomic E-state index is 13.6. The molecule has 0 aliphatic carbocycles. The molecule has 0 saturated heterocycles. The van der Waals surface area contributed by atoms with Gasteiger partial charge in [0, 0.05) is 12.6 Å². The lowest BCUT2D eigenvalue weighted by molar-refractivity contribution is -0.140. The van der Waals surface area contributed by atoms with Crippen LogP contribution < -0.4 is 10.6 Å². The Labute approximate surface area is 202 Å². The van der Waals surface area contributed by atoms with Crippen molar-refractivity contribution in [2.75, 3.05) is 20.2 Å². The molecule has 0 aromatic rings. The molecule has 0 aliphatic rings. The summed E-state index contributed by atoms with van der Waals surface area (Å²) in [4.78, 5) is 40.8. The van der Waals surface area contributed by atoms with Crippen LogP contribution in [0.2, 0.25) is 0 Å². The second kappa shape index (κ2) is 15.1. The molecule has 0 aliphatic heterocycles. The topological polar surface area (TPSA) is 87.7 Å². The lowest BCUT2D eigenvalue weighted by Crippen LogP contribution is -2.61. The van der Waals surface area contributed by atoms with Gasteiger partial charge in [0.25, 0.3) is 0 Å². The highest BCUT2D eigenvalue weighted by atomic mass is 16.5. The van der Waals surface area contributed by atoms with E-state index in [0.29, 0.717) is 31.4 Å². The second-order valence-electron chi connectivity index (χ2n) is 9.63. The van der Waals surface area contributed by atoms with Gasteiger partial charge in [-0.15, -0.1) is 0 Å². The third-order valence-electron chi connectivity index (χ3n) is 6.16. The molecular weight excluding hydrogens is 418 g/mol. The summed E-state index contributed by atoms with van der Waals surface area (Å²) < 4.78 is 5.10. The zero-order chi connectivity index (χ0) is 25.8. The average Bonchev–Trinajstić information content (AvgIpc) is 2.76. The molecule has 0 heterocycles. The fourth-order valence-corrected chi connectivity index (χ4v) is 3.97. The summed E-state index contributed by atoms with van der Waals surface area (Å²) in [7, 11) is 1.74. The van der Waals surface area contributed by atoms with Crippen molar-refractivity contribution in [2.45, 2.75) is 106 Å². The molecule has 0 bridgehead atoms. The third-order valence-corrected chi connectivity index (χ3v) is 6.16. The Morgan fingerprint density at radius 1 is 1.03 bits per heavy atom. The second-order valence-corrected chi connectivity index (χ2v) is 9.63. The summed E-state index contributed by atoms with van der Waals surface area (Å²) in [6, 6.07) is -0.935. The van der Waals surface area contributed by atoms with Crippen molar-refractivity contribution < 1.29 is 19.1 Å². The van der Waals surface area contributed by atoms with E-state index in [4.69, 9.17) is 4.74 Å². The molecule has 2 amide bonds. The standard InChI is InChI=1S/C26H49N3O4/c1-11-15-27-26(12-2,13-3)25(32)28-21(16-18(5)6)23(30)29(10)22(19(7)8)17-20(9)24(31)33-14-4/h17-19,21-22,27H,11-16H2,1-10H3,(H,28,32)/b20-17+. The first-order chi connectivity index (χ1) is 15.4. The number of carbonyl (C=O) groups is 3. The highest BCUT2D eigenvalue weighted by Gasteiger charge is 2.38. The van der Waals surface area contributed by atoms with Gasteiger partial charge in [-0.25, -0.2) is 4.79 Å². The molecule has 7 nitrogen and oxygen atoms in total. The molecule has 192 valence electrons. The van der Waals surface area contributed by atoms with E-state index in [1.165, 1.54) is 0 Å². The maximum Gasteiger partial charge on any atom is 0.333 e. The van der Waals surface area contributed by atoms with Crippen molar-refractivity contribution in [1.29, 1.82) is 0 Å². The van der Waals surface area contributed by atoms with Crippen LogP contribution in [0.3, 0.4) is 0 Å². The summed E-state index contributed by atoms with van der Waals surface area (Å²) in [5.74, 6) is -0.361. The Bertz CT molecular complexity index is 654. The lowest BCUT2D eigenvalue weighted by Gasteiger charge is -2.36. The van der Waals surface area contributed by atoms with Gasteiger partial charge >= 0.3 is 5.97 Å². The van der Waals surface area contributed by atoms with E-state index < -0.39 is 11.6 Å². The minimum absolute atomic E-state index is 0.0790. The molecule has 33 heavy (non-hydrogen) atoms. The monoisotopic (exact) mass is 467 g/mol. The number of rotatable bonds is 15. The smallest absolute Gasteiger partial charge is 0.333 e. The molecule has 0 spiro atoms. The van der Waals surface area contributed by atoms with E-state index in [9.17, 15) is 14.4 Å². The highest BCUT2D eigenvalue weighted by Crippen LogP contribution is 2.20. The molecule has 7 heteroatoms. The Morgan fingerprint density at radius 2 is 1.61 bits per heavy atom. The van der Waals surface area contributed by atoms with Crippen LogP contribution in [-0.4, -0.2) is 60.5 Å². The molecule has 2 unspecified atom stereocenters. The van der Waals surface area contributed by atoms with E-state index in [1.54, 1.807) is 31.9 Å². The lowest BCUT2D eigenvalue weighted by atomic mass is 9.90. The van der Waals surface area contributed by atoms with Crippen molar-refractivity contribution in [3.63, 3.8) is 0 Å². The van der Waals surface area contributed by atoms with Gasteiger partial charge in [-0.3, -0.25) is 9.59 Å². The van der Waals surface area contributed by atoms with Crippen molar-refractivity contribution >= 4 is 17.8 Å². The molecular formula is C26H49N3O4. The van der Waals surface area contributed by atoms with Crippen molar-refractivity contribution in [3.05, 3.63) is 11.6 Å². The summed E-state index contributed by atoms with van der Waals surface area (Å²) in [5, 5.41) is 6.47. The van der Waals surface area contributed by atoms with E-state index in [1.807, 2.05) is 41.5 Å².